The summed E-state index contributed by atoms with van der Waals surface area (Å²) < 4.78 is 68.1. The summed E-state index contributed by atoms with van der Waals surface area (Å²) in [6.07, 6.45) is -6.00. The predicted molar refractivity (Wildman–Crippen MR) is 125 cm³/mol. The number of carbonyl (C=O) groups excluding carboxylic acids is 1. The van der Waals surface area contributed by atoms with Crippen LogP contribution in [0.2, 0.25) is 10.0 Å². The molecule has 0 radical (unpaired) electrons. The van der Waals surface area contributed by atoms with Gasteiger partial charge >= 0.3 is 12.3 Å². The highest BCUT2D eigenvalue weighted by Gasteiger charge is 2.63. The summed E-state index contributed by atoms with van der Waals surface area (Å²) in [5.41, 5.74) is -3.77. The number of hydrogen-bond acceptors (Lipinski definition) is 6. The smallest absolute Gasteiger partial charge is 0.435 e. The second-order valence-electron chi connectivity index (χ2n) is 9.97. The first kappa shape index (κ1) is 25.6. The Morgan fingerprint density at radius 2 is 1.81 bits per heavy atom. The highest BCUT2D eigenvalue weighted by atomic mass is 35.5. The summed E-state index contributed by atoms with van der Waals surface area (Å²) in [7, 11) is 0. The highest BCUT2D eigenvalue weighted by molar-refractivity contribution is 7.14. The largest absolute Gasteiger partial charge is 0.444 e. The van der Waals surface area contributed by atoms with Crippen LogP contribution in [0.5, 0.6) is 0 Å². The number of alkyl halides is 3. The Hall–Kier alpha value is -2.08. The van der Waals surface area contributed by atoms with E-state index < -0.39 is 56.9 Å². The third-order valence-corrected chi connectivity index (χ3v) is 8.15. The normalized spacial score (nSPS) is 22.8. The number of amides is 1. The molecule has 13 heteroatoms. The molecule has 6 nitrogen and oxygen atoms in total. The van der Waals surface area contributed by atoms with Crippen LogP contribution in [0.25, 0.3) is 0 Å². The topological polar surface area (TPSA) is 60.4 Å². The van der Waals surface area contributed by atoms with Crippen LogP contribution in [0.15, 0.2) is 23.4 Å². The van der Waals surface area contributed by atoms with E-state index in [4.69, 9.17) is 37.5 Å². The van der Waals surface area contributed by atoms with Crippen molar-refractivity contribution >= 4 is 46.3 Å². The van der Waals surface area contributed by atoms with Gasteiger partial charge in [0.15, 0.2) is 5.82 Å². The zero-order valence-corrected chi connectivity index (χ0v) is 21.6. The monoisotopic (exact) mass is 566 g/mol. The highest BCUT2D eigenvalue weighted by Crippen LogP contribution is 2.52. The summed E-state index contributed by atoms with van der Waals surface area (Å²) >= 11 is 12.8. The van der Waals surface area contributed by atoms with Gasteiger partial charge in [0, 0.05) is 10.4 Å². The zero-order chi connectivity index (χ0) is 26.3. The number of thiophene rings is 1. The molecule has 1 fully saturated rings. The van der Waals surface area contributed by atoms with Crippen LogP contribution in [0.4, 0.5) is 22.4 Å². The molecular weight excluding hydrogens is 547 g/mol. The van der Waals surface area contributed by atoms with Crippen molar-refractivity contribution in [1.29, 1.82) is 0 Å². The van der Waals surface area contributed by atoms with Crippen molar-refractivity contribution in [3.05, 3.63) is 54.9 Å². The molecule has 4 heterocycles. The number of rotatable bonds is 2. The van der Waals surface area contributed by atoms with Crippen molar-refractivity contribution in [1.82, 2.24) is 4.90 Å². The first-order valence-corrected chi connectivity index (χ1v) is 12.4. The van der Waals surface area contributed by atoms with Gasteiger partial charge in [-0.05, 0) is 44.5 Å². The molecule has 1 amide bonds. The van der Waals surface area contributed by atoms with Crippen LogP contribution >= 0.6 is 34.5 Å². The summed E-state index contributed by atoms with van der Waals surface area (Å²) in [5, 5.41) is 2.68. The molecule has 194 valence electrons. The Morgan fingerprint density at radius 3 is 2.39 bits per heavy atom. The lowest BCUT2D eigenvalue weighted by Gasteiger charge is -2.46. The minimum atomic E-state index is -4.89. The van der Waals surface area contributed by atoms with Crippen molar-refractivity contribution in [2.75, 3.05) is 13.1 Å². The number of fused-ring (bicyclic) bond motifs is 2. The van der Waals surface area contributed by atoms with Crippen molar-refractivity contribution in [3.63, 3.8) is 0 Å². The summed E-state index contributed by atoms with van der Waals surface area (Å²) in [5.74, 6) is -1.01. The van der Waals surface area contributed by atoms with Crippen LogP contribution in [-0.4, -0.2) is 41.6 Å². The van der Waals surface area contributed by atoms with Crippen LogP contribution < -0.4 is 0 Å². The molecular formula is C23H20Cl2F4N2O4S. The molecule has 3 aliphatic rings. The minimum absolute atomic E-state index is 0.0850. The van der Waals surface area contributed by atoms with E-state index in [0.717, 1.165) is 22.6 Å². The maximum atomic E-state index is 14.3. The van der Waals surface area contributed by atoms with E-state index in [0.29, 0.717) is 4.88 Å². The predicted octanol–water partition coefficient (Wildman–Crippen LogP) is 6.75. The number of benzene rings is 1. The first-order chi connectivity index (χ1) is 16.6. The van der Waals surface area contributed by atoms with Gasteiger partial charge in [0.25, 0.3) is 5.60 Å². The van der Waals surface area contributed by atoms with Gasteiger partial charge < -0.3 is 19.2 Å². The maximum absolute atomic E-state index is 14.3. The van der Waals surface area contributed by atoms with Gasteiger partial charge in [-0.15, -0.1) is 11.3 Å². The van der Waals surface area contributed by atoms with Gasteiger partial charge in [-0.25, -0.2) is 9.18 Å². The van der Waals surface area contributed by atoms with E-state index >= 15 is 0 Å². The Kier molecular flexibility index (Phi) is 5.83. The van der Waals surface area contributed by atoms with Gasteiger partial charge in [-0.1, -0.05) is 28.4 Å². The van der Waals surface area contributed by atoms with Crippen LogP contribution in [0.1, 0.15) is 48.1 Å². The molecule has 0 bridgehead atoms. The van der Waals surface area contributed by atoms with Crippen molar-refractivity contribution in [3.8, 4) is 0 Å². The lowest BCUT2D eigenvalue weighted by molar-refractivity contribution is -0.275. The molecule has 2 aromatic rings. The average molecular weight is 567 g/mol. The van der Waals surface area contributed by atoms with E-state index in [9.17, 15) is 22.4 Å². The van der Waals surface area contributed by atoms with Crippen molar-refractivity contribution in [2.45, 2.75) is 56.8 Å². The molecule has 1 unspecified atom stereocenters. The number of hydrogen-bond donors (Lipinski definition) is 0. The molecule has 1 spiro atoms. The van der Waals surface area contributed by atoms with E-state index in [1.165, 1.54) is 16.2 Å². The first-order valence-electron chi connectivity index (χ1n) is 10.9. The molecule has 5 rings (SSSR count). The van der Waals surface area contributed by atoms with Gasteiger partial charge in [0.1, 0.15) is 16.9 Å². The SMILES string of the molecule is CC(C)(C)OC(=O)N1CC2(C1)OCc1cc(C3=NOC(c4cc(Cl)c(F)c(Cl)c4)(C(F)(F)F)C3)sc12. The fraction of sp³-hybridized carbons (Fsp3) is 0.478. The molecule has 3 aliphatic heterocycles. The lowest BCUT2D eigenvalue weighted by Crippen LogP contribution is -2.61. The number of nitrogens with zero attached hydrogens (tertiary/aromatic N) is 2. The average Bonchev–Trinajstić information content (AvgIpc) is 3.41. The summed E-state index contributed by atoms with van der Waals surface area (Å²) in [6.45, 7) is 6.13. The van der Waals surface area contributed by atoms with Crippen molar-refractivity contribution in [2.24, 2.45) is 5.16 Å². The molecule has 1 aromatic heterocycles. The molecule has 36 heavy (non-hydrogen) atoms. The van der Waals surface area contributed by atoms with Gasteiger partial charge in [0.05, 0.1) is 41.0 Å². The molecule has 1 saturated heterocycles. The van der Waals surface area contributed by atoms with Gasteiger partial charge in [-0.3, -0.25) is 0 Å². The summed E-state index contributed by atoms with van der Waals surface area (Å²) in [4.78, 5) is 20.2. The third kappa shape index (κ3) is 4.04. The Balaban J connectivity index is 1.39. The van der Waals surface area contributed by atoms with E-state index in [2.05, 4.69) is 5.16 Å². The van der Waals surface area contributed by atoms with Gasteiger partial charge in [-0.2, -0.15) is 13.2 Å². The second kappa shape index (κ2) is 8.21. The number of oxime groups is 1. The molecule has 0 aliphatic carbocycles. The van der Waals surface area contributed by atoms with E-state index in [-0.39, 0.29) is 25.4 Å². The fourth-order valence-electron chi connectivity index (χ4n) is 4.43. The summed E-state index contributed by atoms with van der Waals surface area (Å²) in [6, 6.07) is 3.43. The lowest BCUT2D eigenvalue weighted by atomic mass is 9.87. The Bertz CT molecular complexity index is 1260. The fourth-order valence-corrected chi connectivity index (χ4v) is 6.19. The number of carbonyl (C=O) groups is 1. The molecule has 1 atom stereocenters. The second-order valence-corrected chi connectivity index (χ2v) is 11.8. The molecule has 0 N–H and O–H groups in total. The van der Waals surface area contributed by atoms with Crippen LogP contribution in [0.3, 0.4) is 0 Å². The van der Waals surface area contributed by atoms with Crippen LogP contribution in [0, 0.1) is 5.82 Å². The number of ether oxygens (including phenoxy) is 2. The van der Waals surface area contributed by atoms with Crippen molar-refractivity contribution < 1.29 is 36.7 Å². The molecule has 0 saturated carbocycles. The third-order valence-electron chi connectivity index (χ3n) is 6.19. The van der Waals surface area contributed by atoms with E-state index in [1.807, 2.05) is 0 Å². The van der Waals surface area contributed by atoms with Crippen LogP contribution in [-0.2, 0) is 32.1 Å². The zero-order valence-electron chi connectivity index (χ0n) is 19.3. The van der Waals surface area contributed by atoms with Gasteiger partial charge in [0.2, 0.25) is 0 Å². The Labute approximate surface area is 217 Å². The Morgan fingerprint density at radius 1 is 1.17 bits per heavy atom. The molecule has 1 aromatic carbocycles. The quantitative estimate of drug-likeness (QED) is 0.298. The standard InChI is InChI=1S/C23H20Cl2F4N2O4S/c1-20(2,3)34-19(32)31-9-21(10-31)18-11(8-33-21)4-16(36-18)15-7-22(35-30-15,23(27,28)29)12-5-13(24)17(26)14(25)6-12/h4-6H,7-10H2,1-3H3. The van der Waals surface area contributed by atoms with E-state index in [1.54, 1.807) is 26.8 Å². The maximum Gasteiger partial charge on any atom is 0.435 e. The minimum Gasteiger partial charge on any atom is -0.444 e. The number of halogens is 6. The number of likely N-dealkylation sites (tertiary alicyclic amines) is 1.